The Kier molecular flexibility index (Phi) is 3.19. The molecule has 4 nitrogen and oxygen atoms in total. The first-order chi connectivity index (χ1) is 9.89. The molecule has 2 atom stereocenters. The quantitative estimate of drug-likeness (QED) is 0.817. The summed E-state index contributed by atoms with van der Waals surface area (Å²) in [5, 5.41) is 19.2. The third-order valence-corrected chi connectivity index (χ3v) is 4.80. The number of carbonyl (C=O) groups is 1. The number of phenolic OH excluding ortho intramolecular Hbond substituents is 1. The van der Waals surface area contributed by atoms with Crippen LogP contribution in [0.15, 0.2) is 23.8 Å². The van der Waals surface area contributed by atoms with E-state index in [9.17, 15) is 9.90 Å². The van der Waals surface area contributed by atoms with E-state index < -0.39 is 5.97 Å². The van der Waals surface area contributed by atoms with E-state index >= 15 is 0 Å². The van der Waals surface area contributed by atoms with Gasteiger partial charge in [0.1, 0.15) is 17.1 Å². The number of allylic oxidation sites excluding steroid dienone is 2. The second kappa shape index (κ2) is 4.79. The lowest BCUT2D eigenvalue weighted by Gasteiger charge is -2.35. The summed E-state index contributed by atoms with van der Waals surface area (Å²) in [6, 6.07) is 2.83. The molecule has 2 aliphatic rings. The summed E-state index contributed by atoms with van der Waals surface area (Å²) < 4.78 is 6.09. The smallest absolute Gasteiger partial charge is 0.335 e. The Balaban J connectivity index is 1.90. The Labute approximate surface area is 124 Å². The average Bonchev–Trinajstić information content (AvgIpc) is 2.77. The van der Waals surface area contributed by atoms with Gasteiger partial charge in [0.05, 0.1) is 5.56 Å². The highest BCUT2D eigenvalue weighted by atomic mass is 16.5. The fourth-order valence-corrected chi connectivity index (χ4v) is 3.41. The standard InChI is InChI=1S/C17H20O4/c1-10-3-5-12(6-4-10)17(2)9-13-14(18)7-11(16(19)20)8-15(13)21-17/h3,7-8,12,18H,4-6,9H2,1-2H3,(H,19,20)/t12?,17-/m0/s1. The van der Waals surface area contributed by atoms with Crippen molar-refractivity contribution in [1.29, 1.82) is 0 Å². The molecule has 1 aromatic rings. The molecule has 0 fully saturated rings. The molecule has 112 valence electrons. The monoisotopic (exact) mass is 288 g/mol. The largest absolute Gasteiger partial charge is 0.508 e. The minimum Gasteiger partial charge on any atom is -0.508 e. The van der Waals surface area contributed by atoms with Gasteiger partial charge < -0.3 is 14.9 Å². The van der Waals surface area contributed by atoms with Gasteiger partial charge in [0, 0.05) is 17.9 Å². The van der Waals surface area contributed by atoms with Crippen LogP contribution in [-0.2, 0) is 6.42 Å². The molecule has 1 unspecified atom stereocenters. The Morgan fingerprint density at radius 3 is 2.81 bits per heavy atom. The van der Waals surface area contributed by atoms with E-state index in [0.29, 0.717) is 18.1 Å². The van der Waals surface area contributed by atoms with Gasteiger partial charge in [-0.05, 0) is 45.2 Å². The van der Waals surface area contributed by atoms with Gasteiger partial charge in [-0.15, -0.1) is 0 Å². The van der Waals surface area contributed by atoms with Gasteiger partial charge in [-0.3, -0.25) is 0 Å². The van der Waals surface area contributed by atoms with Gasteiger partial charge in [-0.25, -0.2) is 4.79 Å². The molecule has 3 rings (SSSR count). The van der Waals surface area contributed by atoms with Gasteiger partial charge in [-0.2, -0.15) is 0 Å². The van der Waals surface area contributed by atoms with Gasteiger partial charge in [-0.1, -0.05) is 11.6 Å². The van der Waals surface area contributed by atoms with E-state index in [-0.39, 0.29) is 16.9 Å². The number of carboxylic acids is 1. The highest BCUT2D eigenvalue weighted by molar-refractivity contribution is 5.89. The molecule has 0 aromatic heterocycles. The maximum absolute atomic E-state index is 11.1. The zero-order chi connectivity index (χ0) is 15.2. The summed E-state index contributed by atoms with van der Waals surface area (Å²) in [4.78, 5) is 11.1. The molecule has 0 amide bonds. The number of aromatic hydroxyl groups is 1. The zero-order valence-corrected chi connectivity index (χ0v) is 12.3. The Hall–Kier alpha value is -1.97. The fourth-order valence-electron chi connectivity index (χ4n) is 3.41. The molecular weight excluding hydrogens is 268 g/mol. The number of benzene rings is 1. The van der Waals surface area contributed by atoms with Crippen molar-refractivity contribution in [3.8, 4) is 11.5 Å². The summed E-state index contributed by atoms with van der Waals surface area (Å²) in [6.07, 6.45) is 6.01. The molecule has 0 saturated carbocycles. The van der Waals surface area contributed by atoms with Gasteiger partial charge in [0.25, 0.3) is 0 Å². The number of hydrogen-bond donors (Lipinski definition) is 2. The summed E-state index contributed by atoms with van der Waals surface area (Å²) in [5.41, 5.74) is 1.85. The maximum Gasteiger partial charge on any atom is 0.335 e. The third-order valence-electron chi connectivity index (χ3n) is 4.80. The average molecular weight is 288 g/mol. The molecule has 0 radical (unpaired) electrons. The summed E-state index contributed by atoms with van der Waals surface area (Å²) >= 11 is 0. The lowest BCUT2D eigenvalue weighted by molar-refractivity contribution is 0.0418. The second-order valence-electron chi connectivity index (χ2n) is 6.39. The van der Waals surface area contributed by atoms with Gasteiger partial charge >= 0.3 is 5.97 Å². The molecule has 21 heavy (non-hydrogen) atoms. The normalized spacial score (nSPS) is 27.7. The van der Waals surface area contributed by atoms with E-state index in [2.05, 4.69) is 19.9 Å². The molecular formula is C17H20O4. The Morgan fingerprint density at radius 2 is 2.19 bits per heavy atom. The molecule has 2 N–H and O–H groups in total. The number of rotatable bonds is 2. The highest BCUT2D eigenvalue weighted by Crippen LogP contribution is 2.47. The Bertz CT molecular complexity index is 632. The first kappa shape index (κ1) is 14.0. The van der Waals surface area contributed by atoms with E-state index in [4.69, 9.17) is 9.84 Å². The SMILES string of the molecule is CC1=CCC([C@]2(C)Cc3c(O)cc(C(=O)O)cc3O2)CC1. The van der Waals surface area contributed by atoms with Crippen LogP contribution in [0.4, 0.5) is 0 Å². The van der Waals surface area contributed by atoms with E-state index in [1.54, 1.807) is 0 Å². The van der Waals surface area contributed by atoms with Crippen molar-refractivity contribution in [1.82, 2.24) is 0 Å². The predicted molar refractivity (Wildman–Crippen MR) is 78.9 cm³/mol. The molecule has 0 spiro atoms. The van der Waals surface area contributed by atoms with Crippen LogP contribution in [-0.4, -0.2) is 21.8 Å². The van der Waals surface area contributed by atoms with Crippen molar-refractivity contribution in [3.63, 3.8) is 0 Å². The van der Waals surface area contributed by atoms with Crippen LogP contribution in [0.25, 0.3) is 0 Å². The number of aromatic carboxylic acids is 1. The first-order valence-corrected chi connectivity index (χ1v) is 7.33. The summed E-state index contributed by atoms with van der Waals surface area (Å²) in [5.74, 6) is -0.125. The van der Waals surface area contributed by atoms with Crippen LogP contribution in [0.1, 0.15) is 49.0 Å². The number of hydrogen-bond acceptors (Lipinski definition) is 3. The topological polar surface area (TPSA) is 66.8 Å². The lowest BCUT2D eigenvalue weighted by Crippen LogP contribution is -2.40. The van der Waals surface area contributed by atoms with Crippen LogP contribution >= 0.6 is 0 Å². The molecule has 1 heterocycles. The van der Waals surface area contributed by atoms with Crippen LogP contribution in [0.2, 0.25) is 0 Å². The van der Waals surface area contributed by atoms with Crippen LogP contribution in [0, 0.1) is 5.92 Å². The maximum atomic E-state index is 11.1. The van der Waals surface area contributed by atoms with Gasteiger partial charge in [0.15, 0.2) is 0 Å². The van der Waals surface area contributed by atoms with Crippen molar-refractivity contribution < 1.29 is 19.7 Å². The van der Waals surface area contributed by atoms with Crippen molar-refractivity contribution in [2.24, 2.45) is 5.92 Å². The van der Waals surface area contributed by atoms with Crippen LogP contribution in [0.5, 0.6) is 11.5 Å². The first-order valence-electron chi connectivity index (χ1n) is 7.33. The number of phenols is 1. The second-order valence-corrected chi connectivity index (χ2v) is 6.39. The molecule has 0 bridgehead atoms. The lowest BCUT2D eigenvalue weighted by atomic mass is 9.76. The van der Waals surface area contributed by atoms with Crippen molar-refractivity contribution in [3.05, 3.63) is 34.9 Å². The fraction of sp³-hybridized carbons (Fsp3) is 0.471. The summed E-state index contributed by atoms with van der Waals surface area (Å²) in [7, 11) is 0. The minimum absolute atomic E-state index is 0.0242. The molecule has 4 heteroatoms. The van der Waals surface area contributed by atoms with Crippen molar-refractivity contribution in [2.75, 3.05) is 0 Å². The number of ether oxygens (including phenoxy) is 1. The Morgan fingerprint density at radius 1 is 1.43 bits per heavy atom. The van der Waals surface area contributed by atoms with E-state index in [1.165, 1.54) is 17.7 Å². The third kappa shape index (κ3) is 2.39. The van der Waals surface area contributed by atoms with Crippen molar-refractivity contribution >= 4 is 5.97 Å². The van der Waals surface area contributed by atoms with Crippen molar-refractivity contribution in [2.45, 2.75) is 45.1 Å². The van der Waals surface area contributed by atoms with E-state index in [1.807, 2.05) is 0 Å². The summed E-state index contributed by atoms with van der Waals surface area (Å²) in [6.45, 7) is 4.21. The van der Waals surface area contributed by atoms with Crippen LogP contribution in [0.3, 0.4) is 0 Å². The number of carboxylic acid groups (broad SMARTS) is 1. The number of fused-ring (bicyclic) bond motifs is 1. The molecule has 1 aliphatic heterocycles. The zero-order valence-electron chi connectivity index (χ0n) is 12.3. The molecule has 1 aromatic carbocycles. The highest BCUT2D eigenvalue weighted by Gasteiger charge is 2.43. The predicted octanol–water partition coefficient (Wildman–Crippen LogP) is 3.53. The molecule has 0 saturated heterocycles. The minimum atomic E-state index is -1.05. The van der Waals surface area contributed by atoms with Crippen LogP contribution < -0.4 is 4.74 Å². The van der Waals surface area contributed by atoms with E-state index in [0.717, 1.165) is 24.8 Å². The van der Waals surface area contributed by atoms with Gasteiger partial charge in [0.2, 0.25) is 0 Å². The molecule has 1 aliphatic carbocycles.